The van der Waals surface area contributed by atoms with Gasteiger partial charge in [0, 0.05) is 16.9 Å². The molecule has 3 rings (SSSR count). The minimum Gasteiger partial charge on any atom is -0.325 e. The van der Waals surface area contributed by atoms with Gasteiger partial charge in [0.15, 0.2) is 5.16 Å². The van der Waals surface area contributed by atoms with Crippen LogP contribution in [0.5, 0.6) is 0 Å². The van der Waals surface area contributed by atoms with Gasteiger partial charge in [0.25, 0.3) is 0 Å². The maximum atomic E-state index is 12.1. The Morgan fingerprint density at radius 1 is 1.00 bits per heavy atom. The zero-order valence-corrected chi connectivity index (χ0v) is 15.0. The Hall–Kier alpha value is -2.66. The molecular formula is C20H19N3OS. The molecular weight excluding hydrogens is 330 g/mol. The Bertz CT molecular complexity index is 881. The van der Waals surface area contributed by atoms with Crippen LogP contribution < -0.4 is 5.32 Å². The lowest BCUT2D eigenvalue weighted by Crippen LogP contribution is -2.14. The quantitative estimate of drug-likeness (QED) is 0.545. The summed E-state index contributed by atoms with van der Waals surface area (Å²) in [7, 11) is 0. The number of nitrogens with zero attached hydrogens (tertiary/aromatic N) is 2. The average molecular weight is 349 g/mol. The van der Waals surface area contributed by atoms with E-state index in [1.54, 1.807) is 0 Å². The Morgan fingerprint density at radius 3 is 2.56 bits per heavy atom. The first-order chi connectivity index (χ1) is 12.1. The van der Waals surface area contributed by atoms with Gasteiger partial charge in [0.05, 0.1) is 11.4 Å². The highest BCUT2D eigenvalue weighted by Gasteiger charge is 2.08. The number of thioether (sulfide) groups is 1. The fourth-order valence-corrected chi connectivity index (χ4v) is 3.12. The number of amides is 1. The van der Waals surface area contributed by atoms with Crippen LogP contribution in [0.15, 0.2) is 65.8 Å². The number of hydrogen-bond donors (Lipinski definition) is 1. The van der Waals surface area contributed by atoms with Crippen molar-refractivity contribution < 1.29 is 4.79 Å². The average Bonchev–Trinajstić information content (AvgIpc) is 2.60. The van der Waals surface area contributed by atoms with E-state index in [-0.39, 0.29) is 11.7 Å². The van der Waals surface area contributed by atoms with Gasteiger partial charge in [-0.25, -0.2) is 9.97 Å². The van der Waals surface area contributed by atoms with E-state index < -0.39 is 0 Å². The predicted molar refractivity (Wildman–Crippen MR) is 103 cm³/mol. The highest BCUT2D eigenvalue weighted by molar-refractivity contribution is 7.99. The second-order valence-corrected chi connectivity index (χ2v) is 6.69. The van der Waals surface area contributed by atoms with Crippen LogP contribution in [0, 0.1) is 13.8 Å². The van der Waals surface area contributed by atoms with Crippen LogP contribution in [0.1, 0.15) is 11.3 Å². The third-order valence-electron chi connectivity index (χ3n) is 3.54. The van der Waals surface area contributed by atoms with Gasteiger partial charge in [0.1, 0.15) is 0 Å². The van der Waals surface area contributed by atoms with Gasteiger partial charge < -0.3 is 5.32 Å². The lowest BCUT2D eigenvalue weighted by atomic mass is 10.1. The Balaban J connectivity index is 1.67. The van der Waals surface area contributed by atoms with Gasteiger partial charge in [-0.1, -0.05) is 54.2 Å². The van der Waals surface area contributed by atoms with E-state index in [9.17, 15) is 4.79 Å². The van der Waals surface area contributed by atoms with Crippen molar-refractivity contribution in [3.63, 3.8) is 0 Å². The summed E-state index contributed by atoms with van der Waals surface area (Å²) in [5, 5.41) is 3.51. The third-order valence-corrected chi connectivity index (χ3v) is 4.38. The summed E-state index contributed by atoms with van der Waals surface area (Å²) in [5.41, 5.74) is 4.71. The number of carbonyl (C=O) groups excluding carboxylic acids is 1. The molecule has 0 aliphatic heterocycles. The standard InChI is InChI=1S/C20H19N3OS/c1-14-7-6-10-17(11-14)22-19(24)13-25-20-21-15(2)12-18(23-20)16-8-4-3-5-9-16/h3-12H,13H2,1-2H3,(H,22,24). The number of aryl methyl sites for hydroxylation is 2. The fourth-order valence-electron chi connectivity index (χ4n) is 2.41. The van der Waals surface area contributed by atoms with Gasteiger partial charge in [-0.05, 0) is 37.6 Å². The first-order valence-corrected chi connectivity index (χ1v) is 8.99. The molecule has 0 radical (unpaired) electrons. The van der Waals surface area contributed by atoms with Crippen molar-refractivity contribution in [1.29, 1.82) is 0 Å². The Kier molecular flexibility index (Phi) is 5.46. The lowest BCUT2D eigenvalue weighted by Gasteiger charge is -2.07. The molecule has 0 saturated carbocycles. The molecule has 0 spiro atoms. The number of carbonyl (C=O) groups is 1. The number of nitrogens with one attached hydrogen (secondary N) is 1. The summed E-state index contributed by atoms with van der Waals surface area (Å²) in [6, 6.07) is 19.7. The van der Waals surface area contributed by atoms with Gasteiger partial charge in [-0.3, -0.25) is 4.79 Å². The van der Waals surface area contributed by atoms with Gasteiger partial charge >= 0.3 is 0 Å². The van der Waals surface area contributed by atoms with Crippen LogP contribution in [0.4, 0.5) is 5.69 Å². The van der Waals surface area contributed by atoms with Crippen molar-refractivity contribution in [3.05, 3.63) is 71.9 Å². The van der Waals surface area contributed by atoms with Crippen LogP contribution in [0.2, 0.25) is 0 Å². The maximum absolute atomic E-state index is 12.1. The van der Waals surface area contributed by atoms with Crippen LogP contribution >= 0.6 is 11.8 Å². The highest BCUT2D eigenvalue weighted by atomic mass is 32.2. The summed E-state index contributed by atoms with van der Waals surface area (Å²) in [4.78, 5) is 21.1. The molecule has 1 heterocycles. The summed E-state index contributed by atoms with van der Waals surface area (Å²) in [5.74, 6) is 0.202. The number of aromatic nitrogens is 2. The molecule has 1 aromatic heterocycles. The lowest BCUT2D eigenvalue weighted by molar-refractivity contribution is -0.113. The van der Waals surface area contributed by atoms with E-state index in [1.165, 1.54) is 11.8 Å². The first-order valence-electron chi connectivity index (χ1n) is 8.00. The third kappa shape index (κ3) is 4.90. The minimum atomic E-state index is -0.0676. The summed E-state index contributed by atoms with van der Waals surface area (Å²) < 4.78 is 0. The SMILES string of the molecule is Cc1cccc(NC(=O)CSc2nc(C)cc(-c3ccccc3)n2)c1. The number of benzene rings is 2. The zero-order chi connectivity index (χ0) is 17.6. The van der Waals surface area contributed by atoms with E-state index in [0.29, 0.717) is 5.16 Å². The van der Waals surface area contributed by atoms with Crippen molar-refractivity contribution in [2.75, 3.05) is 11.1 Å². The van der Waals surface area contributed by atoms with Crippen molar-refractivity contribution >= 4 is 23.4 Å². The number of hydrogen-bond acceptors (Lipinski definition) is 4. The molecule has 0 unspecified atom stereocenters. The molecule has 25 heavy (non-hydrogen) atoms. The zero-order valence-electron chi connectivity index (χ0n) is 14.2. The molecule has 4 nitrogen and oxygen atoms in total. The topological polar surface area (TPSA) is 54.9 Å². The second kappa shape index (κ2) is 7.94. The highest BCUT2D eigenvalue weighted by Crippen LogP contribution is 2.21. The Labute approximate surface area is 151 Å². The van der Waals surface area contributed by atoms with E-state index in [2.05, 4.69) is 15.3 Å². The second-order valence-electron chi connectivity index (χ2n) is 5.75. The molecule has 1 amide bonds. The number of rotatable bonds is 5. The molecule has 5 heteroatoms. The van der Waals surface area contributed by atoms with Gasteiger partial charge in [-0.15, -0.1) is 0 Å². The maximum Gasteiger partial charge on any atom is 0.234 e. The van der Waals surface area contributed by atoms with Gasteiger partial charge in [0.2, 0.25) is 5.91 Å². The van der Waals surface area contributed by atoms with E-state index in [4.69, 9.17) is 0 Å². The van der Waals surface area contributed by atoms with Crippen molar-refractivity contribution in [3.8, 4) is 11.3 Å². The summed E-state index contributed by atoms with van der Waals surface area (Å²) >= 11 is 1.34. The molecule has 3 aromatic rings. The van der Waals surface area contributed by atoms with Gasteiger partial charge in [-0.2, -0.15) is 0 Å². The first kappa shape index (κ1) is 17.2. The minimum absolute atomic E-state index is 0.0676. The van der Waals surface area contributed by atoms with Crippen molar-refractivity contribution in [2.45, 2.75) is 19.0 Å². The smallest absolute Gasteiger partial charge is 0.234 e. The molecule has 0 fully saturated rings. The molecule has 0 aliphatic rings. The summed E-state index contributed by atoms with van der Waals surface area (Å²) in [6.45, 7) is 3.93. The Morgan fingerprint density at radius 2 is 1.80 bits per heavy atom. The molecule has 2 aromatic carbocycles. The summed E-state index contributed by atoms with van der Waals surface area (Å²) in [6.07, 6.45) is 0. The molecule has 1 N–H and O–H groups in total. The van der Waals surface area contributed by atoms with Crippen LogP contribution in [-0.2, 0) is 4.79 Å². The largest absolute Gasteiger partial charge is 0.325 e. The van der Waals surface area contributed by atoms with Crippen LogP contribution in [0.25, 0.3) is 11.3 Å². The monoisotopic (exact) mass is 349 g/mol. The van der Waals surface area contributed by atoms with E-state index in [1.807, 2.05) is 74.5 Å². The molecule has 126 valence electrons. The molecule has 0 bridgehead atoms. The van der Waals surface area contributed by atoms with Crippen LogP contribution in [0.3, 0.4) is 0 Å². The molecule has 0 atom stereocenters. The normalized spacial score (nSPS) is 10.5. The fraction of sp³-hybridized carbons (Fsp3) is 0.150. The molecule has 0 aliphatic carbocycles. The van der Waals surface area contributed by atoms with Crippen LogP contribution in [-0.4, -0.2) is 21.6 Å². The number of anilines is 1. The van der Waals surface area contributed by atoms with E-state index >= 15 is 0 Å². The van der Waals surface area contributed by atoms with Crippen molar-refractivity contribution in [2.24, 2.45) is 0 Å². The predicted octanol–water partition coefficient (Wildman–Crippen LogP) is 4.49. The van der Waals surface area contributed by atoms with Crippen molar-refractivity contribution in [1.82, 2.24) is 9.97 Å². The molecule has 0 saturated heterocycles. The van der Waals surface area contributed by atoms with E-state index in [0.717, 1.165) is 28.2 Å².